The molecule has 4 aromatic rings. The summed E-state index contributed by atoms with van der Waals surface area (Å²) < 4.78 is 5.05. The molecule has 0 aliphatic rings. The number of amides is 1. The van der Waals surface area contributed by atoms with Gasteiger partial charge in [0.2, 0.25) is 0 Å². The Balaban J connectivity index is 1.59. The molecule has 2 heterocycles. The third-order valence-electron chi connectivity index (χ3n) is 3.48. The first-order valence-corrected chi connectivity index (χ1v) is 8.02. The number of aromatic amines is 1. The molecule has 0 fully saturated rings. The van der Waals surface area contributed by atoms with Crippen molar-refractivity contribution in [2.45, 2.75) is 0 Å². The predicted octanol–water partition coefficient (Wildman–Crippen LogP) is 3.50. The zero-order valence-corrected chi connectivity index (χ0v) is 13.1. The molecule has 0 radical (unpaired) electrons. The van der Waals surface area contributed by atoms with E-state index in [1.165, 1.54) is 11.3 Å². The van der Waals surface area contributed by atoms with Crippen LogP contribution in [0.15, 0.2) is 63.1 Å². The predicted molar refractivity (Wildman–Crippen MR) is 92.3 cm³/mol. The number of carbonyl (C=O) groups excluding carboxylic acids is 1. The van der Waals surface area contributed by atoms with Crippen LogP contribution >= 0.6 is 11.3 Å². The van der Waals surface area contributed by atoms with Crippen LogP contribution in [0.2, 0.25) is 0 Å². The van der Waals surface area contributed by atoms with Crippen LogP contribution in [0.1, 0.15) is 10.4 Å². The lowest BCUT2D eigenvalue weighted by Gasteiger charge is -2.01. The summed E-state index contributed by atoms with van der Waals surface area (Å²) in [4.78, 5) is 30.4. The minimum Gasteiger partial charge on any atom is -0.408 e. The average Bonchev–Trinajstić information content (AvgIpc) is 3.20. The van der Waals surface area contributed by atoms with Gasteiger partial charge < -0.3 is 4.42 Å². The number of H-pyrrole nitrogens is 1. The van der Waals surface area contributed by atoms with Gasteiger partial charge in [0.25, 0.3) is 5.91 Å². The van der Waals surface area contributed by atoms with Crippen LogP contribution in [0.3, 0.4) is 0 Å². The summed E-state index contributed by atoms with van der Waals surface area (Å²) in [6.07, 6.45) is 0. The number of hydrogen-bond acceptors (Lipinski definition) is 5. The Morgan fingerprint density at radius 3 is 2.83 bits per heavy atom. The number of nitrogens with zero attached hydrogens (tertiary/aromatic N) is 1. The third-order valence-corrected chi connectivity index (χ3v) is 4.24. The van der Waals surface area contributed by atoms with Gasteiger partial charge in [-0.2, -0.15) is 0 Å². The van der Waals surface area contributed by atoms with Crippen molar-refractivity contribution in [3.05, 3.63) is 70.0 Å². The van der Waals surface area contributed by atoms with Crippen LogP contribution in [0, 0.1) is 0 Å². The van der Waals surface area contributed by atoms with Gasteiger partial charge in [0.1, 0.15) is 0 Å². The number of aromatic nitrogens is 2. The highest BCUT2D eigenvalue weighted by Crippen LogP contribution is 2.27. The number of anilines is 1. The molecule has 0 bridgehead atoms. The zero-order chi connectivity index (χ0) is 16.5. The number of oxazole rings is 1. The fourth-order valence-electron chi connectivity index (χ4n) is 2.33. The topological polar surface area (TPSA) is 88.0 Å². The smallest absolute Gasteiger partial charge is 0.408 e. The highest BCUT2D eigenvalue weighted by molar-refractivity contribution is 7.14. The highest BCUT2D eigenvalue weighted by Gasteiger charge is 2.11. The van der Waals surface area contributed by atoms with Crippen molar-refractivity contribution in [2.75, 3.05) is 5.32 Å². The number of fused-ring (bicyclic) bond motifs is 1. The van der Waals surface area contributed by atoms with E-state index in [1.54, 1.807) is 24.3 Å². The lowest BCUT2D eigenvalue weighted by molar-refractivity contribution is 0.102. The molecule has 0 atom stereocenters. The Morgan fingerprint density at radius 2 is 2.00 bits per heavy atom. The molecule has 1 amide bonds. The standard InChI is InChI=1S/C17H11N3O3S/c21-15(10-4-2-1-3-5-10)20-16-18-13(9-24-16)11-6-7-12-14(8-11)23-17(22)19-12/h1-9H,(H,19,22)(H,18,20,21). The molecule has 0 aliphatic carbocycles. The summed E-state index contributed by atoms with van der Waals surface area (Å²) in [5, 5.41) is 5.13. The van der Waals surface area contributed by atoms with Gasteiger partial charge in [0.05, 0.1) is 11.2 Å². The largest absolute Gasteiger partial charge is 0.417 e. The molecule has 0 unspecified atom stereocenters. The minimum absolute atomic E-state index is 0.205. The molecule has 118 valence electrons. The lowest BCUT2D eigenvalue weighted by atomic mass is 10.1. The van der Waals surface area contributed by atoms with E-state index in [2.05, 4.69) is 15.3 Å². The van der Waals surface area contributed by atoms with Crippen molar-refractivity contribution in [2.24, 2.45) is 0 Å². The molecule has 2 N–H and O–H groups in total. The second kappa shape index (κ2) is 5.78. The van der Waals surface area contributed by atoms with E-state index in [9.17, 15) is 9.59 Å². The maximum atomic E-state index is 12.1. The first kappa shape index (κ1) is 14.4. The number of nitrogens with one attached hydrogen (secondary N) is 2. The third kappa shape index (κ3) is 2.72. The normalized spacial score (nSPS) is 10.8. The van der Waals surface area contributed by atoms with Crippen LogP contribution < -0.4 is 11.1 Å². The summed E-state index contributed by atoms with van der Waals surface area (Å²) in [7, 11) is 0. The molecule has 7 heteroatoms. The Kier molecular flexibility index (Phi) is 3.47. The number of benzene rings is 2. The molecule has 4 rings (SSSR count). The maximum Gasteiger partial charge on any atom is 0.417 e. The monoisotopic (exact) mass is 337 g/mol. The van der Waals surface area contributed by atoms with Gasteiger partial charge in [0, 0.05) is 16.5 Å². The van der Waals surface area contributed by atoms with Gasteiger partial charge in [-0.15, -0.1) is 11.3 Å². The van der Waals surface area contributed by atoms with Gasteiger partial charge in [-0.25, -0.2) is 9.78 Å². The van der Waals surface area contributed by atoms with Crippen LogP contribution in [-0.2, 0) is 0 Å². The summed E-state index contributed by atoms with van der Waals surface area (Å²) in [6, 6.07) is 14.3. The van der Waals surface area contributed by atoms with Crippen molar-refractivity contribution in [3.63, 3.8) is 0 Å². The van der Waals surface area contributed by atoms with Crippen LogP contribution in [0.4, 0.5) is 5.13 Å². The second-order valence-electron chi connectivity index (χ2n) is 5.08. The highest BCUT2D eigenvalue weighted by atomic mass is 32.1. The molecule has 6 nitrogen and oxygen atoms in total. The van der Waals surface area contributed by atoms with E-state index in [0.29, 0.717) is 27.5 Å². The summed E-state index contributed by atoms with van der Waals surface area (Å²) in [6.45, 7) is 0. The SMILES string of the molecule is O=C(Nc1nc(-c2ccc3[nH]c(=O)oc3c2)cs1)c1ccccc1. The van der Waals surface area contributed by atoms with Crippen molar-refractivity contribution >= 4 is 33.5 Å². The molecular weight excluding hydrogens is 326 g/mol. The Hall–Kier alpha value is -3.19. The summed E-state index contributed by atoms with van der Waals surface area (Å²) in [5.41, 5.74) is 3.19. The Morgan fingerprint density at radius 1 is 1.17 bits per heavy atom. The van der Waals surface area contributed by atoms with E-state index >= 15 is 0 Å². The zero-order valence-electron chi connectivity index (χ0n) is 12.3. The summed E-state index contributed by atoms with van der Waals surface area (Å²) in [5.74, 6) is -0.695. The van der Waals surface area contributed by atoms with E-state index in [0.717, 1.165) is 5.56 Å². The number of thiazole rings is 1. The van der Waals surface area contributed by atoms with Gasteiger partial charge >= 0.3 is 5.76 Å². The van der Waals surface area contributed by atoms with E-state index in [-0.39, 0.29) is 5.91 Å². The molecule has 24 heavy (non-hydrogen) atoms. The number of rotatable bonds is 3. The molecule has 0 aliphatic heterocycles. The van der Waals surface area contributed by atoms with Crippen LogP contribution in [0.25, 0.3) is 22.4 Å². The molecule has 0 saturated carbocycles. The van der Waals surface area contributed by atoms with Crippen molar-refractivity contribution in [1.29, 1.82) is 0 Å². The van der Waals surface area contributed by atoms with Crippen molar-refractivity contribution < 1.29 is 9.21 Å². The fourth-order valence-corrected chi connectivity index (χ4v) is 3.04. The van der Waals surface area contributed by atoms with Gasteiger partial charge in [0.15, 0.2) is 10.7 Å². The maximum absolute atomic E-state index is 12.1. The first-order chi connectivity index (χ1) is 11.7. The van der Waals surface area contributed by atoms with Crippen molar-refractivity contribution in [1.82, 2.24) is 9.97 Å². The van der Waals surface area contributed by atoms with E-state index in [1.807, 2.05) is 29.6 Å². The van der Waals surface area contributed by atoms with E-state index in [4.69, 9.17) is 4.42 Å². The summed E-state index contributed by atoms with van der Waals surface area (Å²) >= 11 is 1.33. The molecule has 0 spiro atoms. The quantitative estimate of drug-likeness (QED) is 0.599. The second-order valence-corrected chi connectivity index (χ2v) is 5.94. The number of carbonyl (C=O) groups is 1. The minimum atomic E-state index is -0.490. The van der Waals surface area contributed by atoms with Gasteiger partial charge in [-0.1, -0.05) is 24.3 Å². The van der Waals surface area contributed by atoms with E-state index < -0.39 is 5.76 Å². The van der Waals surface area contributed by atoms with Gasteiger partial charge in [-0.05, 0) is 24.3 Å². The molecule has 0 saturated heterocycles. The average molecular weight is 337 g/mol. The lowest BCUT2D eigenvalue weighted by Crippen LogP contribution is -2.11. The first-order valence-electron chi connectivity index (χ1n) is 7.14. The Labute approximate surface area is 139 Å². The van der Waals surface area contributed by atoms with Crippen LogP contribution in [-0.4, -0.2) is 15.9 Å². The molecule has 2 aromatic heterocycles. The molecule has 2 aromatic carbocycles. The van der Waals surface area contributed by atoms with Crippen LogP contribution in [0.5, 0.6) is 0 Å². The van der Waals surface area contributed by atoms with Crippen molar-refractivity contribution in [3.8, 4) is 11.3 Å². The Bertz CT molecular complexity index is 1080. The van der Waals surface area contributed by atoms with Gasteiger partial charge in [-0.3, -0.25) is 15.1 Å². The number of hydrogen-bond donors (Lipinski definition) is 2. The fraction of sp³-hybridized carbons (Fsp3) is 0. The molecular formula is C17H11N3O3S.